The van der Waals surface area contributed by atoms with Crippen molar-refractivity contribution in [3.8, 4) is 33.9 Å². The van der Waals surface area contributed by atoms with Crippen LogP contribution in [0.5, 0.6) is 0 Å². The topological polar surface area (TPSA) is 19.7 Å². The van der Waals surface area contributed by atoms with E-state index in [1.165, 1.54) is 132 Å². The van der Waals surface area contributed by atoms with Gasteiger partial charge in [0.05, 0.1) is 55.5 Å². The minimum atomic E-state index is -0.0622. The van der Waals surface area contributed by atoms with Gasteiger partial charge in [-0.2, -0.15) is 0 Å². The highest BCUT2D eigenvalue weighted by Gasteiger charge is 2.30. The molecule has 0 saturated heterocycles. The van der Waals surface area contributed by atoms with E-state index >= 15 is 0 Å². The second kappa shape index (κ2) is 21.4. The van der Waals surface area contributed by atoms with Crippen LogP contribution in [0.3, 0.4) is 0 Å². The Bertz CT molecular complexity index is 4900. The van der Waals surface area contributed by atoms with Gasteiger partial charge < -0.3 is 18.3 Å². The third kappa shape index (κ3) is 10.8. The van der Waals surface area contributed by atoms with Gasteiger partial charge in [-0.15, -0.1) is 0 Å². The SMILES string of the molecule is CC(C)(C)c1ccc2c(c1)c1cc(C(C)(C)C)ccc1n2-c1cc(-c2c(-n3c4ccc(C(C)(C)C)cc4c4cc(C(C)(C)C)ccc43)cccc2-n2c3ccc(C(C)(C)C)cc3c3cc(C(C)(C)C)ccc32)cc(-n2c3ccc(C(C)(C)C)cc3c3cc(C(C)(C)C)ccc32)c1. The summed E-state index contributed by atoms with van der Waals surface area (Å²) >= 11 is 0. The van der Waals surface area contributed by atoms with Gasteiger partial charge in [0.1, 0.15) is 0 Å². The molecule has 4 aromatic heterocycles. The molecule has 0 saturated carbocycles. The Morgan fingerprint density at radius 3 is 0.542 bits per heavy atom. The Morgan fingerprint density at radius 1 is 0.188 bits per heavy atom. The molecule has 96 heavy (non-hydrogen) atoms. The van der Waals surface area contributed by atoms with Crippen LogP contribution in [0.25, 0.3) is 121 Å². The largest absolute Gasteiger partial charge is 0.309 e. The number of aromatic nitrogens is 4. The highest BCUT2D eigenvalue weighted by atomic mass is 15.0. The Morgan fingerprint density at radius 2 is 0.365 bits per heavy atom. The molecule has 0 aliphatic rings. The van der Waals surface area contributed by atoms with Gasteiger partial charge in [-0.3, -0.25) is 0 Å². The average molecular weight is 1260 g/mol. The molecular weight excluding hydrogens is 1160 g/mol. The van der Waals surface area contributed by atoms with Gasteiger partial charge in [-0.25, -0.2) is 0 Å². The lowest BCUT2D eigenvalue weighted by atomic mass is 9.85. The third-order valence-electron chi connectivity index (χ3n) is 21.2. The fraction of sp³-hybridized carbons (Fsp3) is 0.348. The first-order valence-electron chi connectivity index (χ1n) is 35.3. The zero-order valence-corrected chi connectivity index (χ0v) is 62.1. The predicted octanol–water partition coefficient (Wildman–Crippen LogP) is 26.1. The van der Waals surface area contributed by atoms with E-state index in [4.69, 9.17) is 0 Å². The number of nitrogens with zero attached hydrogens (tertiary/aromatic N) is 4. The number of hydrogen-bond donors (Lipinski definition) is 0. The van der Waals surface area contributed by atoms with Gasteiger partial charge in [-0.05, 0) is 221 Å². The van der Waals surface area contributed by atoms with E-state index in [9.17, 15) is 0 Å². The molecule has 490 valence electrons. The monoisotopic (exact) mass is 1260 g/mol. The first kappa shape index (κ1) is 64.7. The first-order valence-corrected chi connectivity index (χ1v) is 35.3. The molecule has 0 radical (unpaired) electrons. The van der Waals surface area contributed by atoms with Crippen molar-refractivity contribution >= 4 is 87.2 Å². The third-order valence-corrected chi connectivity index (χ3v) is 21.2. The predicted molar refractivity (Wildman–Crippen MR) is 419 cm³/mol. The normalized spacial score (nSPS) is 13.6. The highest BCUT2D eigenvalue weighted by Crippen LogP contribution is 2.49. The van der Waals surface area contributed by atoms with Crippen LogP contribution in [0.4, 0.5) is 0 Å². The summed E-state index contributed by atoms with van der Waals surface area (Å²) in [5, 5.41) is 10.1. The van der Waals surface area contributed by atoms with Gasteiger partial charge in [0.25, 0.3) is 0 Å². The summed E-state index contributed by atoms with van der Waals surface area (Å²) in [7, 11) is 0. The average Bonchev–Trinajstić information content (AvgIpc) is 1.56. The Kier molecular flexibility index (Phi) is 14.5. The van der Waals surface area contributed by atoms with Crippen molar-refractivity contribution in [2.75, 3.05) is 0 Å². The van der Waals surface area contributed by atoms with Crippen LogP contribution in [-0.2, 0) is 43.3 Å². The molecule has 14 aromatic rings. The Balaban J connectivity index is 1.21. The minimum Gasteiger partial charge on any atom is -0.309 e. The maximum absolute atomic E-state index is 2.61. The summed E-state index contributed by atoms with van der Waals surface area (Å²) in [4.78, 5) is 0. The lowest BCUT2D eigenvalue weighted by molar-refractivity contribution is 0.590. The molecule has 4 heteroatoms. The lowest BCUT2D eigenvalue weighted by Crippen LogP contribution is -2.11. The Hall–Kier alpha value is -8.60. The van der Waals surface area contributed by atoms with E-state index in [1.807, 2.05) is 0 Å². The molecule has 4 nitrogen and oxygen atoms in total. The van der Waals surface area contributed by atoms with E-state index in [2.05, 4.69) is 366 Å². The van der Waals surface area contributed by atoms with Crippen molar-refractivity contribution < 1.29 is 0 Å². The summed E-state index contributed by atoms with van der Waals surface area (Å²) in [6.07, 6.45) is 0. The van der Waals surface area contributed by atoms with Crippen LogP contribution in [0.1, 0.15) is 211 Å². The summed E-state index contributed by atoms with van der Waals surface area (Å²) in [6.45, 7) is 56.2. The van der Waals surface area contributed by atoms with Gasteiger partial charge >= 0.3 is 0 Å². The number of rotatable bonds is 5. The molecule has 0 N–H and O–H groups in total. The zero-order valence-electron chi connectivity index (χ0n) is 62.1. The van der Waals surface area contributed by atoms with E-state index in [-0.39, 0.29) is 43.3 Å². The van der Waals surface area contributed by atoms with Crippen molar-refractivity contribution in [2.45, 2.75) is 209 Å². The standard InChI is InChI=1S/C92H102N4/c1-85(2,3)56-28-36-74-66(46-56)67-47-57(86(4,5)6)29-37-75(67)93(74)64-44-55(45-65(54-64)94-76-38-30-58(87(7,8)9)48-68(76)69-49-59(88(10,11)12)31-39-77(69)94)84-82(95-78-40-32-60(89(13,14)15)50-70(78)71-51-61(90(16,17)18)33-41-79(71)95)26-25-27-83(84)96-80-42-34-62(91(19,20)21)52-72(80)73-53-63(92(22,23)24)35-43-81(73)96/h25-54H,1-24H3. The highest BCUT2D eigenvalue weighted by molar-refractivity contribution is 6.15. The molecule has 4 heterocycles. The summed E-state index contributed by atoms with van der Waals surface area (Å²) in [5.41, 5.74) is 26.3. The van der Waals surface area contributed by atoms with E-state index in [1.54, 1.807) is 0 Å². The summed E-state index contributed by atoms with van der Waals surface area (Å²) in [5.74, 6) is 0. The summed E-state index contributed by atoms with van der Waals surface area (Å²) < 4.78 is 10.4. The second-order valence-corrected chi connectivity index (χ2v) is 36.6. The molecule has 0 aliphatic carbocycles. The molecular formula is C92H102N4. The molecule has 0 bridgehead atoms. The van der Waals surface area contributed by atoms with Gasteiger partial charge in [0.2, 0.25) is 0 Å². The maximum Gasteiger partial charge on any atom is 0.0561 e. The second-order valence-electron chi connectivity index (χ2n) is 36.6. The van der Waals surface area contributed by atoms with Crippen molar-refractivity contribution in [1.29, 1.82) is 0 Å². The maximum atomic E-state index is 2.61. The molecule has 14 rings (SSSR count). The smallest absolute Gasteiger partial charge is 0.0561 e. The number of benzene rings is 10. The number of hydrogen-bond acceptors (Lipinski definition) is 0. The molecule has 0 spiro atoms. The van der Waals surface area contributed by atoms with Crippen LogP contribution in [0.2, 0.25) is 0 Å². The molecule has 0 fully saturated rings. The fourth-order valence-corrected chi connectivity index (χ4v) is 15.1. The first-order chi connectivity index (χ1) is 44.6. The lowest BCUT2D eigenvalue weighted by Gasteiger charge is -2.23. The van der Waals surface area contributed by atoms with Crippen LogP contribution >= 0.6 is 0 Å². The molecule has 0 aliphatic heterocycles. The minimum absolute atomic E-state index is 0.0570. The quantitative estimate of drug-likeness (QED) is 0.164. The van der Waals surface area contributed by atoms with E-state index in [0.717, 1.165) is 33.9 Å². The van der Waals surface area contributed by atoms with Gasteiger partial charge in [-0.1, -0.05) is 221 Å². The Labute approximate surface area is 572 Å². The molecule has 10 aromatic carbocycles. The summed E-state index contributed by atoms with van der Waals surface area (Å²) in [6, 6.07) is 73.0. The zero-order chi connectivity index (χ0) is 68.8. The van der Waals surface area contributed by atoms with Crippen molar-refractivity contribution in [3.05, 3.63) is 226 Å². The fourth-order valence-electron chi connectivity index (χ4n) is 15.1. The van der Waals surface area contributed by atoms with Gasteiger partial charge in [0, 0.05) is 60.0 Å². The van der Waals surface area contributed by atoms with Crippen LogP contribution in [-0.4, -0.2) is 18.3 Å². The van der Waals surface area contributed by atoms with E-state index in [0.29, 0.717) is 0 Å². The van der Waals surface area contributed by atoms with Crippen LogP contribution < -0.4 is 0 Å². The van der Waals surface area contributed by atoms with Crippen molar-refractivity contribution in [1.82, 2.24) is 18.3 Å². The molecule has 0 atom stereocenters. The molecule has 0 unspecified atom stereocenters. The van der Waals surface area contributed by atoms with Crippen molar-refractivity contribution in [3.63, 3.8) is 0 Å². The van der Waals surface area contributed by atoms with Crippen LogP contribution in [0, 0.1) is 0 Å². The molecule has 0 amide bonds. The van der Waals surface area contributed by atoms with Crippen molar-refractivity contribution in [2.24, 2.45) is 0 Å². The van der Waals surface area contributed by atoms with E-state index < -0.39 is 0 Å². The van der Waals surface area contributed by atoms with Gasteiger partial charge in [0.15, 0.2) is 0 Å². The number of fused-ring (bicyclic) bond motifs is 12. The van der Waals surface area contributed by atoms with Crippen LogP contribution in [0.15, 0.2) is 182 Å².